The van der Waals surface area contributed by atoms with E-state index in [-0.39, 0.29) is 5.60 Å². The van der Waals surface area contributed by atoms with E-state index in [1.54, 1.807) is 11.1 Å². The Balaban J connectivity index is 1.57. The van der Waals surface area contributed by atoms with Crippen LogP contribution in [0.15, 0.2) is 29.8 Å². The molecule has 1 atom stereocenters. The first-order valence-electron chi connectivity index (χ1n) is 8.43. The van der Waals surface area contributed by atoms with Crippen LogP contribution < -0.4 is 0 Å². The number of rotatable bonds is 3. The number of ether oxygens (including phenoxy) is 1. The summed E-state index contributed by atoms with van der Waals surface area (Å²) in [6.07, 6.45) is 6.07. The van der Waals surface area contributed by atoms with Crippen LogP contribution in [0.5, 0.6) is 0 Å². The third-order valence-electron chi connectivity index (χ3n) is 5.59. The standard InChI is InChI=1S/C19H25NO/c1-19(9-12-20-10-4-5-11-20)18-14-15-6-2-3-7-16(15)17(18)8-13-21-19/h2-3,6-7H,4-5,8-14H2,1H3. The highest BCUT2D eigenvalue weighted by Gasteiger charge is 2.39. The van der Waals surface area contributed by atoms with Crippen LogP contribution in [0, 0.1) is 0 Å². The molecule has 0 bridgehead atoms. The van der Waals surface area contributed by atoms with Crippen molar-refractivity contribution in [1.82, 2.24) is 4.90 Å². The molecule has 0 N–H and O–H groups in total. The maximum absolute atomic E-state index is 6.29. The predicted octanol–water partition coefficient (Wildman–Crippen LogP) is 3.66. The molecule has 2 heteroatoms. The normalized spacial score (nSPS) is 28.8. The van der Waals surface area contributed by atoms with Gasteiger partial charge in [0.15, 0.2) is 0 Å². The van der Waals surface area contributed by atoms with Gasteiger partial charge in [-0.25, -0.2) is 0 Å². The van der Waals surface area contributed by atoms with Gasteiger partial charge in [-0.3, -0.25) is 0 Å². The summed E-state index contributed by atoms with van der Waals surface area (Å²) in [5, 5.41) is 0. The molecule has 0 saturated carbocycles. The van der Waals surface area contributed by atoms with E-state index in [4.69, 9.17) is 4.74 Å². The van der Waals surface area contributed by atoms with Gasteiger partial charge in [0.25, 0.3) is 0 Å². The highest BCUT2D eigenvalue weighted by molar-refractivity contribution is 5.78. The molecule has 1 fully saturated rings. The molecule has 0 radical (unpaired) electrons. The van der Waals surface area contributed by atoms with Crippen molar-refractivity contribution < 1.29 is 4.74 Å². The molecule has 112 valence electrons. The SMILES string of the molecule is CC1(CCN2CCCC2)OCCC2=C1Cc1ccccc12. The van der Waals surface area contributed by atoms with Crippen molar-refractivity contribution in [3.8, 4) is 0 Å². The smallest absolute Gasteiger partial charge is 0.0884 e. The quantitative estimate of drug-likeness (QED) is 0.839. The molecule has 0 spiro atoms. The van der Waals surface area contributed by atoms with Crippen molar-refractivity contribution in [2.24, 2.45) is 0 Å². The zero-order valence-electron chi connectivity index (χ0n) is 13.0. The Morgan fingerprint density at radius 3 is 2.86 bits per heavy atom. The second kappa shape index (κ2) is 5.26. The van der Waals surface area contributed by atoms with Crippen molar-refractivity contribution in [3.63, 3.8) is 0 Å². The molecule has 2 nitrogen and oxygen atoms in total. The molecule has 1 saturated heterocycles. The molecular weight excluding hydrogens is 258 g/mol. The highest BCUT2D eigenvalue weighted by Crippen LogP contribution is 2.45. The van der Waals surface area contributed by atoms with E-state index >= 15 is 0 Å². The van der Waals surface area contributed by atoms with Gasteiger partial charge < -0.3 is 9.64 Å². The van der Waals surface area contributed by atoms with E-state index in [1.807, 2.05) is 0 Å². The fourth-order valence-corrected chi connectivity index (χ4v) is 4.29. The van der Waals surface area contributed by atoms with Gasteiger partial charge in [0, 0.05) is 6.54 Å². The van der Waals surface area contributed by atoms with Gasteiger partial charge in [-0.2, -0.15) is 0 Å². The van der Waals surface area contributed by atoms with Crippen LogP contribution in [0.4, 0.5) is 0 Å². The number of benzene rings is 1. The Kier molecular flexibility index (Phi) is 3.39. The minimum absolute atomic E-state index is 0.0464. The van der Waals surface area contributed by atoms with E-state index in [1.165, 1.54) is 43.6 Å². The zero-order chi connectivity index (χ0) is 14.3. The van der Waals surface area contributed by atoms with Crippen LogP contribution >= 0.6 is 0 Å². The number of hydrogen-bond acceptors (Lipinski definition) is 2. The summed E-state index contributed by atoms with van der Waals surface area (Å²) in [4.78, 5) is 2.60. The van der Waals surface area contributed by atoms with Gasteiger partial charge in [0.1, 0.15) is 0 Å². The summed E-state index contributed by atoms with van der Waals surface area (Å²) in [6, 6.07) is 8.92. The molecule has 4 rings (SSSR count). The Labute approximate surface area is 127 Å². The molecule has 21 heavy (non-hydrogen) atoms. The van der Waals surface area contributed by atoms with Gasteiger partial charge >= 0.3 is 0 Å². The largest absolute Gasteiger partial charge is 0.371 e. The molecule has 1 aromatic rings. The van der Waals surface area contributed by atoms with E-state index < -0.39 is 0 Å². The molecule has 1 aromatic carbocycles. The fourth-order valence-electron chi connectivity index (χ4n) is 4.29. The van der Waals surface area contributed by atoms with Gasteiger partial charge in [-0.05, 0) is 74.4 Å². The minimum atomic E-state index is -0.0464. The maximum atomic E-state index is 6.29. The van der Waals surface area contributed by atoms with E-state index in [0.29, 0.717) is 0 Å². The van der Waals surface area contributed by atoms with Gasteiger partial charge in [0.2, 0.25) is 0 Å². The molecule has 2 aliphatic heterocycles. The highest BCUT2D eigenvalue weighted by atomic mass is 16.5. The predicted molar refractivity (Wildman–Crippen MR) is 86.3 cm³/mol. The van der Waals surface area contributed by atoms with Crippen LogP contribution in [0.25, 0.3) is 5.57 Å². The van der Waals surface area contributed by atoms with E-state index in [2.05, 4.69) is 36.1 Å². The third kappa shape index (κ3) is 2.35. The van der Waals surface area contributed by atoms with Crippen LogP contribution in [0.2, 0.25) is 0 Å². The lowest BCUT2D eigenvalue weighted by molar-refractivity contribution is -0.0193. The molecule has 1 aliphatic carbocycles. The lowest BCUT2D eigenvalue weighted by Crippen LogP contribution is -2.39. The second-order valence-electron chi connectivity index (χ2n) is 6.92. The van der Waals surface area contributed by atoms with Crippen LogP contribution in [0.1, 0.15) is 43.7 Å². The average molecular weight is 283 g/mol. The van der Waals surface area contributed by atoms with Gasteiger partial charge in [-0.1, -0.05) is 24.3 Å². The van der Waals surface area contributed by atoms with Crippen molar-refractivity contribution in [2.75, 3.05) is 26.2 Å². The van der Waals surface area contributed by atoms with E-state index in [0.717, 1.165) is 25.9 Å². The first kappa shape index (κ1) is 13.5. The summed E-state index contributed by atoms with van der Waals surface area (Å²) >= 11 is 0. The van der Waals surface area contributed by atoms with Crippen molar-refractivity contribution in [2.45, 2.75) is 44.6 Å². The van der Waals surface area contributed by atoms with Crippen molar-refractivity contribution in [3.05, 3.63) is 41.0 Å². The molecule has 1 unspecified atom stereocenters. The zero-order valence-corrected chi connectivity index (χ0v) is 13.0. The first-order valence-corrected chi connectivity index (χ1v) is 8.43. The number of hydrogen-bond donors (Lipinski definition) is 0. The Hall–Kier alpha value is -1.12. The second-order valence-corrected chi connectivity index (χ2v) is 6.92. The fraction of sp³-hybridized carbons (Fsp3) is 0.579. The van der Waals surface area contributed by atoms with Crippen LogP contribution in [0.3, 0.4) is 0 Å². The lowest BCUT2D eigenvalue weighted by Gasteiger charge is -2.37. The third-order valence-corrected chi connectivity index (χ3v) is 5.59. The number of likely N-dealkylation sites (tertiary alicyclic amines) is 1. The molecule has 0 aromatic heterocycles. The molecule has 3 aliphatic rings. The monoisotopic (exact) mass is 283 g/mol. The van der Waals surface area contributed by atoms with Crippen LogP contribution in [-0.4, -0.2) is 36.7 Å². The Morgan fingerprint density at radius 2 is 2.00 bits per heavy atom. The van der Waals surface area contributed by atoms with Gasteiger partial charge in [-0.15, -0.1) is 0 Å². The average Bonchev–Trinajstić information content (AvgIpc) is 3.14. The number of fused-ring (bicyclic) bond motifs is 2. The summed E-state index contributed by atoms with van der Waals surface area (Å²) < 4.78 is 6.29. The summed E-state index contributed by atoms with van der Waals surface area (Å²) in [5.74, 6) is 0. The van der Waals surface area contributed by atoms with Crippen molar-refractivity contribution in [1.29, 1.82) is 0 Å². The Bertz CT molecular complexity index is 571. The minimum Gasteiger partial charge on any atom is -0.371 e. The topological polar surface area (TPSA) is 12.5 Å². The summed E-state index contributed by atoms with van der Waals surface area (Å²) in [5.41, 5.74) is 6.09. The van der Waals surface area contributed by atoms with Gasteiger partial charge in [0.05, 0.1) is 12.2 Å². The van der Waals surface area contributed by atoms with Crippen molar-refractivity contribution >= 4 is 5.57 Å². The molecule has 0 amide bonds. The molecule has 2 heterocycles. The lowest BCUT2D eigenvalue weighted by atomic mass is 9.85. The van der Waals surface area contributed by atoms with E-state index in [9.17, 15) is 0 Å². The number of nitrogens with zero attached hydrogens (tertiary/aromatic N) is 1. The summed E-state index contributed by atoms with van der Waals surface area (Å²) in [7, 11) is 0. The summed E-state index contributed by atoms with van der Waals surface area (Å²) in [6.45, 7) is 6.95. The Morgan fingerprint density at radius 1 is 1.19 bits per heavy atom. The van der Waals surface area contributed by atoms with Crippen LogP contribution in [-0.2, 0) is 11.2 Å². The molecular formula is C19H25NO. The maximum Gasteiger partial charge on any atom is 0.0884 e. The first-order chi connectivity index (χ1) is 10.3.